The number of pyridine rings is 1. The predicted molar refractivity (Wildman–Crippen MR) is 96.6 cm³/mol. The maximum Gasteiger partial charge on any atom is 0.312 e. The van der Waals surface area contributed by atoms with Gasteiger partial charge in [-0.3, -0.25) is 4.79 Å². The fourth-order valence-electron chi connectivity index (χ4n) is 3.87. The molecule has 6 rings (SSSR count). The van der Waals surface area contributed by atoms with Gasteiger partial charge < -0.3 is 14.3 Å². The molecular weight excluding hydrogens is 377 g/mol. The zero-order chi connectivity index (χ0) is 19.5. The lowest BCUT2D eigenvalue weighted by Crippen LogP contribution is -2.41. The zero-order valence-electron chi connectivity index (χ0n) is 15.2. The Morgan fingerprint density at radius 2 is 2.17 bits per heavy atom. The Bertz CT molecular complexity index is 1240. The second-order valence-corrected chi connectivity index (χ2v) is 7.39. The van der Waals surface area contributed by atoms with Crippen molar-refractivity contribution in [3.63, 3.8) is 0 Å². The molecule has 2 aliphatic rings. The minimum absolute atomic E-state index is 0.0363. The number of aromatic amines is 1. The Morgan fingerprint density at radius 3 is 3.00 bits per heavy atom. The quantitative estimate of drug-likeness (QED) is 0.535. The molecule has 4 aromatic rings. The summed E-state index contributed by atoms with van der Waals surface area (Å²) in [4.78, 5) is 22.4. The van der Waals surface area contributed by atoms with E-state index in [2.05, 4.69) is 25.3 Å². The van der Waals surface area contributed by atoms with Crippen molar-refractivity contribution in [2.75, 3.05) is 6.54 Å². The van der Waals surface area contributed by atoms with Gasteiger partial charge in [-0.2, -0.15) is 9.49 Å². The van der Waals surface area contributed by atoms with Crippen LogP contribution in [-0.4, -0.2) is 47.1 Å². The number of H-pyrrole nitrogens is 1. The van der Waals surface area contributed by atoms with Crippen LogP contribution in [0, 0.1) is 5.95 Å². The first-order valence-corrected chi connectivity index (χ1v) is 9.50. The summed E-state index contributed by atoms with van der Waals surface area (Å²) in [5.74, 6) is -0.111. The summed E-state index contributed by atoms with van der Waals surface area (Å²) in [5.41, 5.74) is 2.75. The van der Waals surface area contributed by atoms with Crippen LogP contribution < -0.4 is 0 Å². The van der Waals surface area contributed by atoms with E-state index in [0.717, 1.165) is 18.5 Å². The number of hydrogen-bond acceptors (Lipinski definition) is 6. The van der Waals surface area contributed by atoms with Crippen LogP contribution in [0.15, 0.2) is 35.0 Å². The fourth-order valence-corrected chi connectivity index (χ4v) is 3.87. The molecule has 1 N–H and O–H groups in total. The molecule has 1 fully saturated rings. The highest BCUT2D eigenvalue weighted by Gasteiger charge is 2.39. The van der Waals surface area contributed by atoms with Gasteiger partial charge in [0, 0.05) is 24.6 Å². The zero-order valence-corrected chi connectivity index (χ0v) is 15.2. The van der Waals surface area contributed by atoms with Crippen molar-refractivity contribution in [3.05, 3.63) is 65.4 Å². The average Bonchev–Trinajstić information content (AvgIpc) is 3.13. The molecule has 10 heteroatoms. The number of carbonyl (C=O) groups is 1. The third-order valence-electron chi connectivity index (χ3n) is 5.48. The van der Waals surface area contributed by atoms with Crippen LogP contribution in [0.25, 0.3) is 5.52 Å². The molecule has 1 amide bonds. The lowest BCUT2D eigenvalue weighted by atomic mass is 9.99. The number of nitrogens with zero attached hydrogens (tertiary/aromatic N) is 6. The van der Waals surface area contributed by atoms with E-state index >= 15 is 0 Å². The van der Waals surface area contributed by atoms with E-state index in [1.807, 2.05) is 0 Å². The summed E-state index contributed by atoms with van der Waals surface area (Å²) >= 11 is 0. The van der Waals surface area contributed by atoms with Crippen molar-refractivity contribution < 1.29 is 13.6 Å². The van der Waals surface area contributed by atoms with Crippen LogP contribution in [0.4, 0.5) is 4.39 Å². The minimum atomic E-state index is -0.576. The van der Waals surface area contributed by atoms with E-state index < -0.39 is 12.0 Å². The van der Waals surface area contributed by atoms with Gasteiger partial charge in [-0.15, -0.1) is 10.2 Å². The maximum atomic E-state index is 14.2. The molecule has 0 radical (unpaired) electrons. The van der Waals surface area contributed by atoms with Gasteiger partial charge in [0.2, 0.25) is 11.8 Å². The van der Waals surface area contributed by atoms with Crippen LogP contribution in [0.1, 0.15) is 58.5 Å². The topological polar surface area (TPSA) is 105 Å². The van der Waals surface area contributed by atoms with Crippen LogP contribution in [0.3, 0.4) is 0 Å². The highest BCUT2D eigenvalue weighted by Crippen LogP contribution is 2.39. The Hall–Kier alpha value is -3.56. The summed E-state index contributed by atoms with van der Waals surface area (Å²) in [6.45, 7) is 0.427. The maximum absolute atomic E-state index is 14.2. The molecule has 29 heavy (non-hydrogen) atoms. The highest BCUT2D eigenvalue weighted by atomic mass is 19.1. The van der Waals surface area contributed by atoms with E-state index in [4.69, 9.17) is 4.42 Å². The first kappa shape index (κ1) is 16.4. The first-order chi connectivity index (χ1) is 14.2. The summed E-state index contributed by atoms with van der Waals surface area (Å²) in [6, 6.07) is 5.91. The Labute approximate surface area is 163 Å². The van der Waals surface area contributed by atoms with Crippen LogP contribution >= 0.6 is 0 Å². The van der Waals surface area contributed by atoms with Crippen molar-refractivity contribution in [2.45, 2.75) is 31.2 Å². The SMILES string of the molecule is O=C(c1nnc(C2CC2)o1)N1CCc2[nH]cnc2C1c1cc2cccc(F)n2n1. The number of carbonyl (C=O) groups excluding carboxylic acids is 1. The number of rotatable bonds is 3. The summed E-state index contributed by atoms with van der Waals surface area (Å²) in [5, 5.41) is 12.4. The molecule has 1 aliphatic carbocycles. The second kappa shape index (κ2) is 5.97. The lowest BCUT2D eigenvalue weighted by Gasteiger charge is -2.32. The van der Waals surface area contributed by atoms with Crippen LogP contribution in [0.2, 0.25) is 0 Å². The van der Waals surface area contributed by atoms with Crippen molar-refractivity contribution in [1.29, 1.82) is 0 Å². The molecule has 146 valence electrons. The highest BCUT2D eigenvalue weighted by molar-refractivity contribution is 5.90. The third-order valence-corrected chi connectivity index (χ3v) is 5.48. The van der Waals surface area contributed by atoms with Crippen LogP contribution in [-0.2, 0) is 6.42 Å². The van der Waals surface area contributed by atoms with E-state index in [1.54, 1.807) is 29.4 Å². The largest absolute Gasteiger partial charge is 0.417 e. The van der Waals surface area contributed by atoms with Gasteiger partial charge in [0.05, 0.1) is 23.2 Å². The third kappa shape index (κ3) is 2.55. The van der Waals surface area contributed by atoms with Gasteiger partial charge in [-0.25, -0.2) is 9.50 Å². The van der Waals surface area contributed by atoms with Gasteiger partial charge in [-0.1, -0.05) is 6.07 Å². The number of imidazole rings is 1. The van der Waals surface area contributed by atoms with Crippen LogP contribution in [0.5, 0.6) is 0 Å². The lowest BCUT2D eigenvalue weighted by molar-refractivity contribution is 0.0644. The Kier molecular flexibility index (Phi) is 3.37. The number of halogens is 1. The van der Waals surface area contributed by atoms with Crippen molar-refractivity contribution >= 4 is 11.4 Å². The van der Waals surface area contributed by atoms with E-state index in [0.29, 0.717) is 35.8 Å². The monoisotopic (exact) mass is 393 g/mol. The van der Waals surface area contributed by atoms with Gasteiger partial charge in [0.15, 0.2) is 0 Å². The first-order valence-electron chi connectivity index (χ1n) is 9.50. The number of fused-ring (bicyclic) bond motifs is 2. The van der Waals surface area contributed by atoms with E-state index in [-0.39, 0.29) is 17.7 Å². The fraction of sp³-hybridized carbons (Fsp3) is 0.316. The average molecular weight is 393 g/mol. The predicted octanol–water partition coefficient (Wildman–Crippen LogP) is 2.24. The summed E-state index contributed by atoms with van der Waals surface area (Å²) < 4.78 is 21.0. The number of amides is 1. The molecule has 1 atom stereocenters. The molecular formula is C19H16FN7O2. The molecule has 1 saturated carbocycles. The van der Waals surface area contributed by atoms with E-state index in [1.165, 1.54) is 10.6 Å². The van der Waals surface area contributed by atoms with Crippen molar-refractivity contribution in [2.24, 2.45) is 0 Å². The van der Waals surface area contributed by atoms with E-state index in [9.17, 15) is 9.18 Å². The second-order valence-electron chi connectivity index (χ2n) is 7.39. The number of aromatic nitrogens is 6. The standard InChI is InChI=1S/C19H16FN7O2/c20-14-3-1-2-11-8-13(25-27(11)14)16-15-12(21-9-22-15)6-7-26(16)19(28)18-24-23-17(29-18)10-4-5-10/h1-3,8-10,16H,4-7H2,(H,21,22). The van der Waals surface area contributed by atoms with Crippen molar-refractivity contribution in [3.8, 4) is 0 Å². The van der Waals surface area contributed by atoms with Gasteiger partial charge in [0.1, 0.15) is 6.04 Å². The van der Waals surface area contributed by atoms with Gasteiger partial charge in [0.25, 0.3) is 0 Å². The molecule has 9 nitrogen and oxygen atoms in total. The molecule has 0 aromatic carbocycles. The molecule has 0 bridgehead atoms. The van der Waals surface area contributed by atoms with Crippen molar-refractivity contribution in [1.82, 2.24) is 34.7 Å². The molecule has 1 aliphatic heterocycles. The molecule has 5 heterocycles. The van der Waals surface area contributed by atoms with Gasteiger partial charge in [-0.05, 0) is 31.0 Å². The smallest absolute Gasteiger partial charge is 0.312 e. The van der Waals surface area contributed by atoms with Gasteiger partial charge >= 0.3 is 11.8 Å². The molecule has 0 saturated heterocycles. The normalized spacial score (nSPS) is 18.9. The Balaban J connectivity index is 1.44. The number of nitrogens with one attached hydrogen (secondary N) is 1. The molecule has 1 unspecified atom stereocenters. The molecule has 4 aromatic heterocycles. The minimum Gasteiger partial charge on any atom is -0.417 e. The Morgan fingerprint density at radius 1 is 1.28 bits per heavy atom. The summed E-state index contributed by atoms with van der Waals surface area (Å²) in [7, 11) is 0. The summed E-state index contributed by atoms with van der Waals surface area (Å²) in [6.07, 6.45) is 4.22. The molecule has 0 spiro atoms. The number of hydrogen-bond donors (Lipinski definition) is 1.